The lowest BCUT2D eigenvalue weighted by Crippen LogP contribution is -2.03. The average molecular weight is 139 g/mol. The van der Waals surface area contributed by atoms with Gasteiger partial charge in [-0.25, -0.2) is 4.79 Å². The number of thiocarbonyl (C=S) groups is 1. The Kier molecular flexibility index (Phi) is 7.49. The van der Waals surface area contributed by atoms with Crippen LogP contribution in [0, 0.1) is 0 Å². The largest absolute Gasteiger partial charge is 0.473 e. The first kappa shape index (κ1) is 10.0. The number of amides is 1. The fourth-order valence-corrected chi connectivity index (χ4v) is 0. The Balaban J connectivity index is 0. The molecule has 0 radical (unpaired) electrons. The molecule has 0 rings (SSSR count). The predicted octanol–water partition coefficient (Wildman–Crippen LogP) is 0.0104. The van der Waals surface area contributed by atoms with Crippen molar-refractivity contribution in [3.63, 3.8) is 0 Å². The molecule has 0 atom stereocenters. The van der Waals surface area contributed by atoms with Crippen LogP contribution in [0.3, 0.4) is 0 Å². The molecule has 0 aliphatic carbocycles. The first-order valence-corrected chi connectivity index (χ1v) is 1.78. The van der Waals surface area contributed by atoms with Crippen LogP contribution < -0.4 is 5.73 Å². The van der Waals surface area contributed by atoms with Gasteiger partial charge in [-0.1, -0.05) is 0 Å². The maximum Gasteiger partial charge on any atom is 0.402 e. The minimum atomic E-state index is -1.33. The van der Waals surface area contributed by atoms with E-state index in [1.807, 2.05) is 0 Å². The van der Waals surface area contributed by atoms with Crippen LogP contribution in [0.5, 0.6) is 0 Å². The summed E-state index contributed by atoms with van der Waals surface area (Å²) in [7, 11) is 0. The van der Waals surface area contributed by atoms with E-state index in [1.165, 1.54) is 0 Å². The van der Waals surface area contributed by atoms with Crippen molar-refractivity contribution in [2.45, 2.75) is 0 Å². The maximum atomic E-state index is 8.78. The zero-order valence-corrected chi connectivity index (χ0v) is 4.55. The van der Waals surface area contributed by atoms with Crippen LogP contribution >= 0.6 is 12.2 Å². The standard InChI is InChI=1S/CH3NO2.CH2O2S/c2*2-1(3)4/h2H2,(H,3,4);(H2,2,3,4). The van der Waals surface area contributed by atoms with E-state index in [-0.39, 0.29) is 0 Å². The number of aliphatic hydroxyl groups is 2. The minimum Gasteiger partial charge on any atom is -0.473 e. The molecule has 5 N–H and O–H groups in total. The molecule has 0 aliphatic heterocycles. The smallest absolute Gasteiger partial charge is 0.402 e. The summed E-state index contributed by atoms with van der Waals surface area (Å²) < 4.78 is 0. The Morgan fingerprint density at radius 1 is 1.38 bits per heavy atom. The van der Waals surface area contributed by atoms with E-state index in [0.717, 1.165) is 0 Å². The SMILES string of the molecule is NC(=O)O.OC(O)=S. The van der Waals surface area contributed by atoms with Crippen molar-refractivity contribution in [3.05, 3.63) is 0 Å². The van der Waals surface area contributed by atoms with Crippen LogP contribution in [0.4, 0.5) is 4.79 Å². The van der Waals surface area contributed by atoms with Gasteiger partial charge in [0.25, 0.3) is 0 Å². The summed E-state index contributed by atoms with van der Waals surface area (Å²) in [4.78, 5) is 8.78. The summed E-state index contributed by atoms with van der Waals surface area (Å²) in [6, 6.07) is 0. The van der Waals surface area contributed by atoms with Crippen LogP contribution in [0.25, 0.3) is 0 Å². The normalized spacial score (nSPS) is 6.00. The molecule has 6 heteroatoms. The van der Waals surface area contributed by atoms with Gasteiger partial charge >= 0.3 is 11.3 Å². The van der Waals surface area contributed by atoms with Crippen molar-refractivity contribution in [1.82, 2.24) is 0 Å². The number of hydrogen-bond donors (Lipinski definition) is 4. The highest BCUT2D eigenvalue weighted by molar-refractivity contribution is 7.79. The molecule has 0 aromatic heterocycles. The van der Waals surface area contributed by atoms with Gasteiger partial charge in [-0.15, -0.1) is 0 Å². The molecule has 5 nitrogen and oxygen atoms in total. The van der Waals surface area contributed by atoms with Crippen LogP contribution in [-0.4, -0.2) is 26.6 Å². The molecule has 0 saturated heterocycles. The lowest BCUT2D eigenvalue weighted by atomic mass is 11.3. The maximum absolute atomic E-state index is 8.78. The molecule has 0 aromatic rings. The number of primary amides is 1. The third-order valence-corrected chi connectivity index (χ3v) is 0. The summed E-state index contributed by atoms with van der Waals surface area (Å²) in [6.45, 7) is 0. The second-order valence-corrected chi connectivity index (χ2v) is 0.986. The minimum absolute atomic E-state index is 1.000. The average Bonchev–Trinajstić information content (AvgIpc) is 1.25. The number of hydrogen-bond acceptors (Lipinski definition) is 2. The quantitative estimate of drug-likeness (QED) is 0.354. The number of aliphatic hydroxyl groups excluding tert-OH is 1. The zero-order valence-electron chi connectivity index (χ0n) is 3.74. The molecule has 0 aromatic carbocycles. The fourth-order valence-electron chi connectivity index (χ4n) is 0. The van der Waals surface area contributed by atoms with Gasteiger partial charge in [-0.2, -0.15) is 0 Å². The summed E-state index contributed by atoms with van der Waals surface area (Å²) in [5.74, 6) is 0. The van der Waals surface area contributed by atoms with E-state index in [1.54, 1.807) is 0 Å². The highest BCUT2D eigenvalue weighted by atomic mass is 32.1. The van der Waals surface area contributed by atoms with Gasteiger partial charge in [0.05, 0.1) is 0 Å². The van der Waals surface area contributed by atoms with Gasteiger partial charge in [0.15, 0.2) is 0 Å². The van der Waals surface area contributed by atoms with Crippen molar-refractivity contribution >= 4 is 23.5 Å². The molecule has 48 valence electrons. The first-order valence-electron chi connectivity index (χ1n) is 1.37. The van der Waals surface area contributed by atoms with Crippen molar-refractivity contribution in [3.8, 4) is 0 Å². The molecular weight excluding hydrogens is 134 g/mol. The van der Waals surface area contributed by atoms with E-state index in [9.17, 15) is 0 Å². The van der Waals surface area contributed by atoms with E-state index in [0.29, 0.717) is 0 Å². The highest BCUT2D eigenvalue weighted by Crippen LogP contribution is 1.47. The lowest BCUT2D eigenvalue weighted by Gasteiger charge is -1.65. The third kappa shape index (κ3) is 71.9. The number of rotatable bonds is 0. The Bertz CT molecular complexity index is 72.0. The summed E-state index contributed by atoms with van der Waals surface area (Å²) in [5.41, 5.74) is 4.03. The van der Waals surface area contributed by atoms with Crippen LogP contribution in [0.1, 0.15) is 0 Å². The monoisotopic (exact) mass is 139 g/mol. The van der Waals surface area contributed by atoms with E-state index >= 15 is 0 Å². The van der Waals surface area contributed by atoms with Gasteiger partial charge in [0.1, 0.15) is 0 Å². The molecule has 0 unspecified atom stereocenters. The molecule has 8 heavy (non-hydrogen) atoms. The van der Waals surface area contributed by atoms with Gasteiger partial charge in [0, 0.05) is 12.2 Å². The number of carbonyl (C=O) groups is 1. The van der Waals surface area contributed by atoms with E-state index in [4.69, 9.17) is 20.1 Å². The Morgan fingerprint density at radius 2 is 1.38 bits per heavy atom. The van der Waals surface area contributed by atoms with Crippen LogP contribution in [-0.2, 0) is 0 Å². The topological polar surface area (TPSA) is 104 Å². The van der Waals surface area contributed by atoms with E-state index in [2.05, 4.69) is 18.0 Å². The van der Waals surface area contributed by atoms with Crippen molar-refractivity contribution in [2.75, 3.05) is 0 Å². The van der Waals surface area contributed by atoms with Gasteiger partial charge in [-0.05, 0) is 0 Å². The Morgan fingerprint density at radius 3 is 1.38 bits per heavy atom. The third-order valence-electron chi connectivity index (χ3n) is 0. The van der Waals surface area contributed by atoms with E-state index < -0.39 is 11.3 Å². The molecule has 0 saturated carbocycles. The van der Waals surface area contributed by atoms with Gasteiger partial charge in [0.2, 0.25) is 0 Å². The molecule has 0 bridgehead atoms. The molecule has 0 aliphatic rings. The van der Waals surface area contributed by atoms with Gasteiger partial charge < -0.3 is 21.1 Å². The van der Waals surface area contributed by atoms with Crippen molar-refractivity contribution in [2.24, 2.45) is 5.73 Å². The first-order chi connectivity index (χ1) is 3.46. The molecule has 1 amide bonds. The lowest BCUT2D eigenvalue weighted by molar-refractivity contribution is 0.205. The number of nitrogens with two attached hydrogens (primary N) is 1. The summed E-state index contributed by atoms with van der Waals surface area (Å²) in [5, 5.41) is 20.9. The van der Waals surface area contributed by atoms with Crippen LogP contribution in [0.2, 0.25) is 0 Å². The predicted molar refractivity (Wildman–Crippen MR) is 30.1 cm³/mol. The van der Waals surface area contributed by atoms with Crippen LogP contribution in [0.15, 0.2) is 0 Å². The molecule has 0 fully saturated rings. The van der Waals surface area contributed by atoms with Gasteiger partial charge in [-0.3, -0.25) is 0 Å². The van der Waals surface area contributed by atoms with Crippen molar-refractivity contribution in [1.29, 1.82) is 0 Å². The molecule has 0 heterocycles. The summed E-state index contributed by atoms with van der Waals surface area (Å²) >= 11 is 3.65. The second kappa shape index (κ2) is 5.96. The zero-order chi connectivity index (χ0) is 7.15. The highest BCUT2D eigenvalue weighted by Gasteiger charge is 1.65. The number of carboxylic acid groups (broad SMARTS) is 1. The van der Waals surface area contributed by atoms with Crippen molar-refractivity contribution < 1.29 is 20.1 Å². The molecular formula is C2H5NO4S. The fraction of sp³-hybridized carbons (Fsp3) is 0. The summed E-state index contributed by atoms with van der Waals surface area (Å²) in [6.07, 6.45) is -1.33. The molecule has 0 spiro atoms. The second-order valence-electron chi connectivity index (χ2n) is 0.621. The Labute approximate surface area is 50.4 Å². The Hall–Kier alpha value is -1.04.